The van der Waals surface area contributed by atoms with Crippen LogP contribution in [0.15, 0.2) is 0 Å². The van der Waals surface area contributed by atoms with Crippen LogP contribution in [-0.2, 0) is 0 Å². The molecule has 5 heteroatoms. The Kier molecular flexibility index (Phi) is 4.74. The lowest BCUT2D eigenvalue weighted by atomic mass is 11.4. The maximum Gasteiger partial charge on any atom is 0.195 e. The van der Waals surface area contributed by atoms with E-state index in [2.05, 4.69) is 44.3 Å². The molecule has 74 valence electrons. The zero-order valence-corrected chi connectivity index (χ0v) is 13.3. The van der Waals surface area contributed by atoms with Crippen molar-refractivity contribution in [3.63, 3.8) is 0 Å². The molecular weight excluding hydrogens is 218 g/mol. The third-order valence-electron chi connectivity index (χ3n) is 2.01. The van der Waals surface area contributed by atoms with Gasteiger partial charge in [-0.2, -0.15) is 11.1 Å². The maximum atomic E-state index is 5.88. The molecule has 1 nitrogen and oxygen atoms in total. The van der Waals surface area contributed by atoms with E-state index < -0.39 is 25.1 Å². The fourth-order valence-corrected chi connectivity index (χ4v) is 19.3. The Morgan fingerprint density at radius 2 is 1.33 bits per heavy atom. The van der Waals surface area contributed by atoms with Gasteiger partial charge in [-0.1, -0.05) is 39.3 Å². The predicted octanol–water partition coefficient (Wildman–Crippen LogP) is 1.94. The summed E-state index contributed by atoms with van der Waals surface area (Å²) in [6.45, 7) is 14.6. The summed E-state index contributed by atoms with van der Waals surface area (Å²) in [5.41, 5.74) is 0. The van der Waals surface area contributed by atoms with Gasteiger partial charge in [0.2, 0.25) is 0 Å². The lowest BCUT2D eigenvalue weighted by Gasteiger charge is -2.38. The van der Waals surface area contributed by atoms with Gasteiger partial charge in [0.1, 0.15) is 0 Å². The Morgan fingerprint density at radius 3 is 1.42 bits per heavy atom. The summed E-state index contributed by atoms with van der Waals surface area (Å²) in [5.74, 6) is 0. The van der Waals surface area contributed by atoms with Crippen LogP contribution in [0.5, 0.6) is 0 Å². The molecule has 0 atom stereocenters. The fourth-order valence-electron chi connectivity index (χ4n) is 1.99. The summed E-state index contributed by atoms with van der Waals surface area (Å²) >= 11 is 5.88. The molecule has 0 aromatic heterocycles. The van der Waals surface area contributed by atoms with Crippen molar-refractivity contribution in [3.8, 4) is 0 Å². The average Bonchev–Trinajstić information content (AvgIpc) is 1.77. The van der Waals surface area contributed by atoms with Crippen molar-refractivity contribution in [2.75, 3.05) is 0 Å². The Morgan fingerprint density at radius 1 is 1.00 bits per heavy atom. The van der Waals surface area contributed by atoms with E-state index in [0.717, 1.165) is 5.29 Å². The standard InChI is InChI=1S/C7H22ClNSi3/c1-11(2,3)7(9-10-8)12(4,5)6/h7,9H,10H2,1-6H3. The highest BCUT2D eigenvalue weighted by Crippen LogP contribution is 2.18. The summed E-state index contributed by atoms with van der Waals surface area (Å²) in [6.07, 6.45) is 0. The van der Waals surface area contributed by atoms with E-state index in [4.69, 9.17) is 11.1 Å². The van der Waals surface area contributed by atoms with Crippen molar-refractivity contribution in [3.05, 3.63) is 0 Å². The van der Waals surface area contributed by atoms with Crippen molar-refractivity contribution in [1.29, 1.82) is 0 Å². The normalized spacial score (nSPS) is 15.0. The van der Waals surface area contributed by atoms with Gasteiger partial charge in [-0.25, -0.2) is 0 Å². The van der Waals surface area contributed by atoms with E-state index >= 15 is 0 Å². The van der Waals surface area contributed by atoms with Gasteiger partial charge < -0.3 is 4.98 Å². The van der Waals surface area contributed by atoms with Gasteiger partial charge >= 0.3 is 0 Å². The molecule has 0 aromatic carbocycles. The van der Waals surface area contributed by atoms with Crippen LogP contribution in [0.1, 0.15) is 0 Å². The highest BCUT2D eigenvalue weighted by Gasteiger charge is 2.36. The third kappa shape index (κ3) is 4.23. The zero-order chi connectivity index (χ0) is 9.99. The minimum absolute atomic E-state index is 0.501. The molecule has 0 unspecified atom stereocenters. The number of hydrogen-bond acceptors (Lipinski definition) is 1. The third-order valence-corrected chi connectivity index (χ3v) is 12.9. The number of nitrogens with one attached hydrogen (secondary N) is 1. The molecule has 0 radical (unpaired) electrons. The first-order valence-corrected chi connectivity index (χ1v) is 14.5. The molecule has 0 saturated carbocycles. The second-order valence-corrected chi connectivity index (χ2v) is 18.2. The first-order chi connectivity index (χ1) is 5.19. The molecule has 0 saturated heterocycles. The van der Waals surface area contributed by atoms with Gasteiger partial charge in [-0.15, -0.1) is 0 Å². The van der Waals surface area contributed by atoms with Gasteiger partial charge in [0.15, 0.2) is 8.99 Å². The highest BCUT2D eigenvalue weighted by molar-refractivity contribution is 6.99. The quantitative estimate of drug-likeness (QED) is 0.584. The first-order valence-electron chi connectivity index (χ1n) is 4.49. The predicted molar refractivity (Wildman–Crippen MR) is 68.0 cm³/mol. The number of halogens is 1. The van der Waals surface area contributed by atoms with Gasteiger partial charge in [-0.3, -0.25) is 0 Å². The fraction of sp³-hybridized carbons (Fsp3) is 1.00. The van der Waals surface area contributed by atoms with Crippen molar-refractivity contribution in [2.24, 2.45) is 0 Å². The van der Waals surface area contributed by atoms with E-state index in [1.807, 2.05) is 0 Å². The molecule has 0 aliphatic rings. The van der Waals surface area contributed by atoms with E-state index in [-0.39, 0.29) is 0 Å². The topological polar surface area (TPSA) is 12.0 Å². The van der Waals surface area contributed by atoms with Crippen LogP contribution >= 0.6 is 11.1 Å². The van der Waals surface area contributed by atoms with Crippen LogP contribution in [0, 0.1) is 0 Å². The van der Waals surface area contributed by atoms with Crippen LogP contribution < -0.4 is 4.98 Å². The first kappa shape index (κ1) is 12.9. The van der Waals surface area contributed by atoms with Crippen LogP contribution in [0.25, 0.3) is 0 Å². The molecule has 0 amide bonds. The Hall–Kier alpha value is 0.901. The minimum atomic E-state index is -1.04. The molecule has 1 N–H and O–H groups in total. The van der Waals surface area contributed by atoms with Crippen LogP contribution in [0.4, 0.5) is 0 Å². The van der Waals surface area contributed by atoms with E-state index in [9.17, 15) is 0 Å². The SMILES string of the molecule is C[Si](C)(C)C(N[SiH2]Cl)[Si](C)(C)C. The smallest absolute Gasteiger partial charge is 0.195 e. The summed E-state index contributed by atoms with van der Waals surface area (Å²) in [4.78, 5) is 3.59. The highest BCUT2D eigenvalue weighted by atomic mass is 35.6. The second kappa shape index (κ2) is 4.41. The lowest BCUT2D eigenvalue weighted by molar-refractivity contribution is 1.01. The lowest BCUT2D eigenvalue weighted by Crippen LogP contribution is -2.62. The molecule has 0 spiro atoms. The molecule has 0 aliphatic heterocycles. The zero-order valence-electron chi connectivity index (χ0n) is 9.16. The molecular formula is C7H22ClNSi3. The van der Waals surface area contributed by atoms with E-state index in [0.29, 0.717) is 0 Å². The summed E-state index contributed by atoms with van der Waals surface area (Å²) < 4.78 is 0. The van der Waals surface area contributed by atoms with E-state index in [1.54, 1.807) is 0 Å². The van der Waals surface area contributed by atoms with Crippen LogP contribution in [-0.4, -0.2) is 30.4 Å². The Bertz CT molecular complexity index is 125. The molecule has 12 heavy (non-hydrogen) atoms. The Labute approximate surface area is 85.9 Å². The van der Waals surface area contributed by atoms with Crippen molar-refractivity contribution in [2.45, 2.75) is 44.6 Å². The summed E-state index contributed by atoms with van der Waals surface area (Å²) in [7, 11) is -2.59. The maximum absolute atomic E-state index is 5.88. The monoisotopic (exact) mass is 239 g/mol. The van der Waals surface area contributed by atoms with Crippen molar-refractivity contribution < 1.29 is 0 Å². The molecule has 0 bridgehead atoms. The Balaban J connectivity index is 4.45. The van der Waals surface area contributed by atoms with E-state index in [1.165, 1.54) is 0 Å². The molecule has 0 aromatic rings. The van der Waals surface area contributed by atoms with Crippen LogP contribution in [0.2, 0.25) is 39.3 Å². The van der Waals surface area contributed by atoms with Gasteiger partial charge in [0, 0.05) is 0 Å². The average molecular weight is 240 g/mol. The molecule has 0 heterocycles. The second-order valence-electron chi connectivity index (χ2n) is 5.50. The summed E-state index contributed by atoms with van der Waals surface area (Å²) in [5, 5.41) is 0.786. The van der Waals surface area contributed by atoms with Crippen molar-refractivity contribution >= 4 is 36.2 Å². The number of hydrogen-bond donors (Lipinski definition) is 1. The van der Waals surface area contributed by atoms with Gasteiger partial charge in [0.05, 0.1) is 16.1 Å². The van der Waals surface area contributed by atoms with Crippen LogP contribution in [0.3, 0.4) is 0 Å². The van der Waals surface area contributed by atoms with Crippen molar-refractivity contribution in [1.82, 2.24) is 4.98 Å². The minimum Gasteiger partial charge on any atom is -0.332 e. The van der Waals surface area contributed by atoms with Gasteiger partial charge in [-0.05, 0) is 5.29 Å². The summed E-state index contributed by atoms with van der Waals surface area (Å²) in [6, 6.07) is 0. The van der Waals surface area contributed by atoms with Gasteiger partial charge in [0.25, 0.3) is 0 Å². The molecule has 0 aliphatic carbocycles. The molecule has 0 rings (SSSR count). The largest absolute Gasteiger partial charge is 0.332 e. The number of rotatable bonds is 4. The molecule has 0 fully saturated rings.